The van der Waals surface area contributed by atoms with Crippen LogP contribution < -0.4 is 16.6 Å². The van der Waals surface area contributed by atoms with Crippen LogP contribution in [0.15, 0.2) is 10.2 Å². The number of hydrogen-bond donors (Lipinski definition) is 3. The quantitative estimate of drug-likeness (QED) is 0.538. The first-order chi connectivity index (χ1) is 12.3. The lowest BCUT2D eigenvalue weighted by Crippen LogP contribution is -2.11. The molecule has 8 heteroatoms. The average Bonchev–Trinajstić information content (AvgIpc) is 2.63. The number of rotatable bonds is 6. The Morgan fingerprint density at radius 2 is 1.16 bits per heavy atom. The molecule has 0 aromatic carbocycles. The molecule has 4 N–H and O–H groups in total. The second-order valence-corrected chi connectivity index (χ2v) is 6.92. The van der Waals surface area contributed by atoms with Crippen LogP contribution in [0.2, 0.25) is 0 Å². The molecule has 1 aromatic heterocycles. The minimum Gasteiger partial charge on any atom is -0.368 e. The van der Waals surface area contributed by atoms with Crippen molar-refractivity contribution in [2.75, 3.05) is 16.6 Å². The van der Waals surface area contributed by atoms with Crippen molar-refractivity contribution in [3.8, 4) is 0 Å². The summed E-state index contributed by atoms with van der Waals surface area (Å²) in [4.78, 5) is 12.4. The molecular formula is C17H28N8. The molecule has 0 radical (unpaired) electrons. The Morgan fingerprint density at radius 3 is 1.60 bits per heavy atom. The van der Waals surface area contributed by atoms with Crippen LogP contribution in [0.25, 0.3) is 0 Å². The lowest BCUT2D eigenvalue weighted by atomic mass is 9.90. The van der Waals surface area contributed by atoms with Gasteiger partial charge in [0.15, 0.2) is 0 Å². The summed E-state index contributed by atoms with van der Waals surface area (Å²) >= 11 is 0. The van der Waals surface area contributed by atoms with Gasteiger partial charge in [-0.2, -0.15) is 25.2 Å². The Balaban J connectivity index is 1.52. The summed E-state index contributed by atoms with van der Waals surface area (Å²) in [6, 6.07) is 0. The Labute approximate surface area is 148 Å². The Morgan fingerprint density at radius 1 is 0.720 bits per heavy atom. The molecule has 1 heterocycles. The van der Waals surface area contributed by atoms with E-state index in [-0.39, 0.29) is 5.95 Å². The van der Waals surface area contributed by atoms with Gasteiger partial charge in [-0.25, -0.2) is 10.9 Å². The number of nitrogens with zero attached hydrogens (tertiary/aromatic N) is 5. The van der Waals surface area contributed by atoms with Crippen molar-refractivity contribution in [3.63, 3.8) is 0 Å². The monoisotopic (exact) mass is 344 g/mol. The van der Waals surface area contributed by atoms with Gasteiger partial charge in [0.05, 0.1) is 0 Å². The molecule has 2 saturated carbocycles. The molecule has 0 unspecified atom stereocenters. The molecule has 0 aliphatic heterocycles. The van der Waals surface area contributed by atoms with Gasteiger partial charge in [-0.3, -0.25) is 0 Å². The second-order valence-electron chi connectivity index (χ2n) is 6.92. The molecule has 2 aliphatic rings. The molecular weight excluding hydrogens is 316 g/mol. The smallest absolute Gasteiger partial charge is 0.250 e. The van der Waals surface area contributed by atoms with Gasteiger partial charge in [-0.1, -0.05) is 38.5 Å². The lowest BCUT2D eigenvalue weighted by Gasteiger charge is -2.16. The van der Waals surface area contributed by atoms with E-state index >= 15 is 0 Å². The van der Waals surface area contributed by atoms with Crippen LogP contribution >= 0.6 is 0 Å². The molecule has 136 valence electrons. The van der Waals surface area contributed by atoms with Gasteiger partial charge in [-0.15, -0.1) is 0 Å². The van der Waals surface area contributed by atoms with Gasteiger partial charge in [0.25, 0.3) is 0 Å². The molecule has 2 aliphatic carbocycles. The first-order valence-corrected chi connectivity index (χ1v) is 9.39. The number of nitrogen functional groups attached to an aromatic ring is 1. The van der Waals surface area contributed by atoms with E-state index in [0.717, 1.165) is 0 Å². The molecule has 25 heavy (non-hydrogen) atoms. The van der Waals surface area contributed by atoms with Crippen molar-refractivity contribution in [3.05, 3.63) is 0 Å². The molecule has 0 saturated heterocycles. The summed E-state index contributed by atoms with van der Waals surface area (Å²) < 4.78 is 0. The van der Waals surface area contributed by atoms with Crippen molar-refractivity contribution >= 4 is 30.3 Å². The predicted octanol–water partition coefficient (Wildman–Crippen LogP) is 3.41. The second kappa shape index (κ2) is 9.29. The largest absolute Gasteiger partial charge is 0.368 e. The molecule has 0 spiro atoms. The van der Waals surface area contributed by atoms with Crippen LogP contribution in [0, 0.1) is 11.8 Å². The highest BCUT2D eigenvalue weighted by molar-refractivity contribution is 5.62. The average molecular weight is 344 g/mol. The molecule has 8 nitrogen and oxygen atoms in total. The summed E-state index contributed by atoms with van der Waals surface area (Å²) in [6.45, 7) is 0. The third kappa shape index (κ3) is 5.95. The van der Waals surface area contributed by atoms with Gasteiger partial charge in [-0.05, 0) is 37.5 Å². The number of hydrazone groups is 2. The van der Waals surface area contributed by atoms with Crippen molar-refractivity contribution in [2.24, 2.45) is 22.0 Å². The zero-order chi connectivity index (χ0) is 17.3. The first-order valence-electron chi connectivity index (χ1n) is 9.39. The predicted molar refractivity (Wildman–Crippen MR) is 102 cm³/mol. The summed E-state index contributed by atoms with van der Waals surface area (Å²) in [5.74, 6) is 1.88. The van der Waals surface area contributed by atoms with Crippen LogP contribution in [-0.4, -0.2) is 27.4 Å². The highest BCUT2D eigenvalue weighted by Crippen LogP contribution is 2.22. The van der Waals surface area contributed by atoms with E-state index in [2.05, 4.69) is 36.0 Å². The molecule has 0 atom stereocenters. The van der Waals surface area contributed by atoms with Crippen molar-refractivity contribution in [1.29, 1.82) is 0 Å². The molecule has 0 bridgehead atoms. The van der Waals surface area contributed by atoms with Crippen molar-refractivity contribution in [1.82, 2.24) is 15.0 Å². The van der Waals surface area contributed by atoms with Gasteiger partial charge < -0.3 is 5.73 Å². The maximum Gasteiger partial charge on any atom is 0.250 e. The van der Waals surface area contributed by atoms with Crippen molar-refractivity contribution in [2.45, 2.75) is 64.2 Å². The molecule has 1 aromatic rings. The van der Waals surface area contributed by atoms with Crippen LogP contribution in [0.4, 0.5) is 17.8 Å². The zero-order valence-corrected chi connectivity index (χ0v) is 14.7. The fourth-order valence-electron chi connectivity index (χ4n) is 3.46. The van der Waals surface area contributed by atoms with Crippen molar-refractivity contribution < 1.29 is 0 Å². The molecule has 2 fully saturated rings. The summed E-state index contributed by atoms with van der Waals surface area (Å²) in [5.41, 5.74) is 11.4. The fourth-order valence-corrected chi connectivity index (χ4v) is 3.46. The summed E-state index contributed by atoms with van der Waals surface area (Å²) in [7, 11) is 0. The first kappa shape index (κ1) is 17.6. The Hall–Kier alpha value is -2.25. The molecule has 3 rings (SSSR count). The minimum absolute atomic E-state index is 0.140. The van der Waals surface area contributed by atoms with Crippen LogP contribution in [0.3, 0.4) is 0 Å². The number of hydrogen-bond acceptors (Lipinski definition) is 8. The van der Waals surface area contributed by atoms with Gasteiger partial charge >= 0.3 is 0 Å². The zero-order valence-electron chi connectivity index (χ0n) is 14.7. The Kier molecular flexibility index (Phi) is 6.53. The standard InChI is InChI=1S/C17H28N8/c18-15-21-16(24-19-11-13-7-3-1-4-8-13)23-17(22-15)25-20-12-14-9-5-2-6-10-14/h11-14H,1-10H2,(H4,18,21,22,23,24,25)/b19-11+,20-12+. The van der Waals surface area contributed by atoms with E-state index in [1.165, 1.54) is 64.2 Å². The number of anilines is 3. The van der Waals surface area contributed by atoms with Crippen LogP contribution in [0.5, 0.6) is 0 Å². The van der Waals surface area contributed by atoms with Crippen LogP contribution in [-0.2, 0) is 0 Å². The van der Waals surface area contributed by atoms with Gasteiger partial charge in [0.1, 0.15) is 0 Å². The minimum atomic E-state index is 0.140. The summed E-state index contributed by atoms with van der Waals surface area (Å²) in [6.07, 6.45) is 16.5. The van der Waals surface area contributed by atoms with E-state index in [1.54, 1.807) is 0 Å². The third-order valence-corrected chi connectivity index (χ3v) is 4.85. The Bertz CT molecular complexity index is 540. The molecule has 0 amide bonds. The normalized spacial score (nSPS) is 20.3. The van der Waals surface area contributed by atoms with E-state index in [1.807, 2.05) is 12.4 Å². The van der Waals surface area contributed by atoms with E-state index < -0.39 is 0 Å². The van der Waals surface area contributed by atoms with Gasteiger partial charge in [0.2, 0.25) is 17.8 Å². The van der Waals surface area contributed by atoms with Crippen LogP contribution in [0.1, 0.15) is 64.2 Å². The fraction of sp³-hybridized carbons (Fsp3) is 0.706. The number of nitrogens with two attached hydrogens (primary N) is 1. The third-order valence-electron chi connectivity index (χ3n) is 4.85. The number of aromatic nitrogens is 3. The maximum atomic E-state index is 5.74. The summed E-state index contributed by atoms with van der Waals surface area (Å²) in [5, 5.41) is 8.50. The highest BCUT2D eigenvalue weighted by Gasteiger charge is 2.12. The lowest BCUT2D eigenvalue weighted by molar-refractivity contribution is 0.445. The SMILES string of the molecule is Nc1nc(N/N=C/C2CCCCC2)nc(N/N=C/C2CCCCC2)n1. The van der Waals surface area contributed by atoms with E-state index in [9.17, 15) is 0 Å². The maximum absolute atomic E-state index is 5.74. The topological polar surface area (TPSA) is 113 Å². The number of nitrogens with one attached hydrogen (secondary N) is 2. The van der Waals surface area contributed by atoms with E-state index in [0.29, 0.717) is 23.7 Å². The highest BCUT2D eigenvalue weighted by atomic mass is 15.4. The van der Waals surface area contributed by atoms with E-state index in [4.69, 9.17) is 5.73 Å². The van der Waals surface area contributed by atoms with Gasteiger partial charge in [0, 0.05) is 12.4 Å².